The van der Waals surface area contributed by atoms with E-state index in [1.165, 1.54) is 25.0 Å². The molecule has 1 aliphatic rings. The van der Waals surface area contributed by atoms with E-state index >= 15 is 0 Å². The molecule has 1 nitrogen and oxygen atoms in total. The topological polar surface area (TPSA) is 12.0 Å². The van der Waals surface area contributed by atoms with Gasteiger partial charge in [-0.1, -0.05) is 28.8 Å². The lowest BCUT2D eigenvalue weighted by Crippen LogP contribution is -2.19. The quantitative estimate of drug-likeness (QED) is 0.816. The second-order valence-corrected chi connectivity index (χ2v) is 5.83. The lowest BCUT2D eigenvalue weighted by atomic mass is 10.1. The molecule has 1 saturated carbocycles. The number of hydrogen-bond donors (Lipinski definition) is 1. The van der Waals surface area contributed by atoms with E-state index in [4.69, 9.17) is 0 Å². The third-order valence-corrected chi connectivity index (χ3v) is 3.57. The van der Waals surface area contributed by atoms with Gasteiger partial charge in [-0.2, -0.15) is 13.2 Å². The minimum Gasteiger partial charge on any atom is -0.382 e. The number of rotatable bonds is 4. The average molecular weight is 322 g/mol. The van der Waals surface area contributed by atoms with Crippen molar-refractivity contribution in [1.82, 2.24) is 0 Å². The van der Waals surface area contributed by atoms with Gasteiger partial charge in [-0.05, 0) is 37.5 Å². The monoisotopic (exact) mass is 321 g/mol. The number of benzene rings is 1. The lowest BCUT2D eigenvalue weighted by Gasteiger charge is -2.19. The van der Waals surface area contributed by atoms with Crippen LogP contribution in [0.5, 0.6) is 0 Å². The fraction of sp³-hybridized carbons (Fsp3) is 0.538. The normalized spacial score (nSPS) is 17.6. The molecular weight excluding hydrogens is 307 g/mol. The molecule has 5 heteroatoms. The van der Waals surface area contributed by atoms with Gasteiger partial charge in [0.05, 0.1) is 5.56 Å². The molecule has 2 rings (SSSR count). The summed E-state index contributed by atoms with van der Waals surface area (Å²) in [6.07, 6.45) is -0.973. The molecule has 1 unspecified atom stereocenters. The van der Waals surface area contributed by atoms with Gasteiger partial charge in [0.15, 0.2) is 0 Å². The van der Waals surface area contributed by atoms with Crippen molar-refractivity contribution in [3.05, 3.63) is 28.2 Å². The van der Waals surface area contributed by atoms with Crippen LogP contribution in [0, 0.1) is 5.92 Å². The first-order chi connectivity index (χ1) is 8.36. The van der Waals surface area contributed by atoms with E-state index in [-0.39, 0.29) is 11.7 Å². The van der Waals surface area contributed by atoms with E-state index in [1.807, 2.05) is 6.92 Å². The largest absolute Gasteiger partial charge is 0.418 e. The summed E-state index contributed by atoms with van der Waals surface area (Å²) in [6, 6.07) is 4.08. The summed E-state index contributed by atoms with van der Waals surface area (Å²) >= 11 is 3.21. The molecule has 1 atom stereocenters. The van der Waals surface area contributed by atoms with E-state index < -0.39 is 11.7 Å². The Hall–Kier alpha value is -0.710. The third kappa shape index (κ3) is 3.64. The molecule has 1 aromatic carbocycles. The average Bonchev–Trinajstić information content (AvgIpc) is 2.99. The second kappa shape index (κ2) is 5.11. The summed E-state index contributed by atoms with van der Waals surface area (Å²) in [5.41, 5.74) is -0.446. The first-order valence-electron chi connectivity index (χ1n) is 5.99. The van der Waals surface area contributed by atoms with Crippen molar-refractivity contribution in [2.45, 2.75) is 38.4 Å². The van der Waals surface area contributed by atoms with Crippen LogP contribution in [0.3, 0.4) is 0 Å². The SMILES string of the molecule is CC(CC1CC1)Nc1cc(Br)ccc1C(F)(F)F. The van der Waals surface area contributed by atoms with E-state index in [0.29, 0.717) is 10.4 Å². The molecule has 0 saturated heterocycles. The summed E-state index contributed by atoms with van der Waals surface area (Å²) in [5, 5.41) is 2.98. The van der Waals surface area contributed by atoms with Crippen molar-refractivity contribution in [1.29, 1.82) is 0 Å². The van der Waals surface area contributed by atoms with Crippen LogP contribution in [-0.2, 0) is 6.18 Å². The minimum absolute atomic E-state index is 0.0629. The molecule has 0 aromatic heterocycles. The van der Waals surface area contributed by atoms with E-state index in [0.717, 1.165) is 12.5 Å². The van der Waals surface area contributed by atoms with Crippen molar-refractivity contribution in [2.24, 2.45) is 5.92 Å². The standard InChI is InChI=1S/C13H15BrF3N/c1-8(6-9-2-3-9)18-12-7-10(14)4-5-11(12)13(15,16)17/h4-5,7-9,18H,2-3,6H2,1H3. The van der Waals surface area contributed by atoms with Crippen LogP contribution in [-0.4, -0.2) is 6.04 Å². The first-order valence-corrected chi connectivity index (χ1v) is 6.79. The van der Waals surface area contributed by atoms with Gasteiger partial charge in [-0.15, -0.1) is 0 Å². The molecule has 0 aliphatic heterocycles. The smallest absolute Gasteiger partial charge is 0.382 e. The molecule has 0 bridgehead atoms. The van der Waals surface area contributed by atoms with E-state index in [1.54, 1.807) is 0 Å². The van der Waals surface area contributed by atoms with E-state index in [2.05, 4.69) is 21.2 Å². The van der Waals surface area contributed by atoms with Gasteiger partial charge in [0, 0.05) is 16.2 Å². The Bertz CT molecular complexity index is 427. The number of alkyl halides is 3. The van der Waals surface area contributed by atoms with Crippen LogP contribution in [0.2, 0.25) is 0 Å². The molecule has 1 N–H and O–H groups in total. The minimum atomic E-state index is -4.32. The third-order valence-electron chi connectivity index (χ3n) is 3.07. The summed E-state index contributed by atoms with van der Waals surface area (Å²) in [7, 11) is 0. The van der Waals surface area contributed by atoms with Crippen LogP contribution in [0.15, 0.2) is 22.7 Å². The molecule has 0 heterocycles. The Morgan fingerprint density at radius 2 is 2.06 bits per heavy atom. The van der Waals surface area contributed by atoms with Gasteiger partial charge in [0.1, 0.15) is 0 Å². The van der Waals surface area contributed by atoms with Crippen molar-refractivity contribution < 1.29 is 13.2 Å². The summed E-state index contributed by atoms with van der Waals surface area (Å²) < 4.78 is 39.2. The van der Waals surface area contributed by atoms with Crippen molar-refractivity contribution >= 4 is 21.6 Å². The fourth-order valence-corrected chi connectivity index (χ4v) is 2.42. The molecule has 18 heavy (non-hydrogen) atoms. The van der Waals surface area contributed by atoms with Crippen molar-refractivity contribution in [2.75, 3.05) is 5.32 Å². The van der Waals surface area contributed by atoms with Crippen molar-refractivity contribution in [3.63, 3.8) is 0 Å². The molecule has 1 fully saturated rings. The van der Waals surface area contributed by atoms with Crippen LogP contribution in [0.4, 0.5) is 18.9 Å². The lowest BCUT2D eigenvalue weighted by molar-refractivity contribution is -0.137. The Morgan fingerprint density at radius 3 is 2.61 bits per heavy atom. The fourth-order valence-electron chi connectivity index (χ4n) is 2.06. The van der Waals surface area contributed by atoms with Gasteiger partial charge < -0.3 is 5.32 Å². The van der Waals surface area contributed by atoms with Crippen LogP contribution < -0.4 is 5.32 Å². The Balaban J connectivity index is 2.16. The first kappa shape index (κ1) is 13.7. The van der Waals surface area contributed by atoms with Crippen LogP contribution in [0.25, 0.3) is 0 Å². The van der Waals surface area contributed by atoms with Crippen LogP contribution >= 0.6 is 15.9 Å². The summed E-state index contributed by atoms with van der Waals surface area (Å²) in [6.45, 7) is 1.93. The number of hydrogen-bond acceptors (Lipinski definition) is 1. The number of anilines is 1. The molecule has 0 amide bonds. The van der Waals surface area contributed by atoms with Crippen molar-refractivity contribution in [3.8, 4) is 0 Å². The van der Waals surface area contributed by atoms with Gasteiger partial charge in [-0.3, -0.25) is 0 Å². The molecule has 1 aliphatic carbocycles. The highest BCUT2D eigenvalue weighted by Gasteiger charge is 2.34. The van der Waals surface area contributed by atoms with Gasteiger partial charge in [0.2, 0.25) is 0 Å². The Morgan fingerprint density at radius 1 is 1.39 bits per heavy atom. The van der Waals surface area contributed by atoms with E-state index in [9.17, 15) is 13.2 Å². The molecular formula is C13H15BrF3N. The van der Waals surface area contributed by atoms with Gasteiger partial charge in [-0.25, -0.2) is 0 Å². The zero-order valence-corrected chi connectivity index (χ0v) is 11.6. The van der Waals surface area contributed by atoms with Crippen LogP contribution in [0.1, 0.15) is 31.7 Å². The maximum atomic E-state index is 12.9. The predicted molar refractivity (Wildman–Crippen MR) is 69.6 cm³/mol. The molecule has 0 spiro atoms. The number of nitrogens with one attached hydrogen (secondary N) is 1. The Labute approximate surface area is 113 Å². The predicted octanol–water partition coefficient (Wildman–Crippen LogP) is 5.07. The number of halogens is 4. The van der Waals surface area contributed by atoms with Gasteiger partial charge >= 0.3 is 6.18 Å². The zero-order chi connectivity index (χ0) is 13.3. The molecule has 0 radical (unpaired) electrons. The maximum Gasteiger partial charge on any atom is 0.418 e. The zero-order valence-electron chi connectivity index (χ0n) is 10.0. The maximum absolute atomic E-state index is 12.9. The molecule has 100 valence electrons. The second-order valence-electron chi connectivity index (χ2n) is 4.91. The summed E-state index contributed by atoms with van der Waals surface area (Å²) in [4.78, 5) is 0. The highest BCUT2D eigenvalue weighted by atomic mass is 79.9. The Kier molecular flexibility index (Phi) is 3.90. The molecule has 1 aromatic rings. The highest BCUT2D eigenvalue weighted by Crippen LogP contribution is 2.38. The van der Waals surface area contributed by atoms with Gasteiger partial charge in [0.25, 0.3) is 0 Å². The highest BCUT2D eigenvalue weighted by molar-refractivity contribution is 9.10. The summed E-state index contributed by atoms with van der Waals surface area (Å²) in [5.74, 6) is 0.689.